The molecule has 0 bridgehead atoms. The molecule has 120 valence electrons. The number of carbonyl (C=O) groups is 1. The molecule has 23 heavy (non-hydrogen) atoms. The van der Waals surface area contributed by atoms with Gasteiger partial charge in [-0.1, -0.05) is 60.2 Å². The summed E-state index contributed by atoms with van der Waals surface area (Å²) in [5.74, 6) is 0. The van der Waals surface area contributed by atoms with Gasteiger partial charge in [0.2, 0.25) is 0 Å². The van der Waals surface area contributed by atoms with Crippen molar-refractivity contribution in [1.82, 2.24) is 5.32 Å². The summed E-state index contributed by atoms with van der Waals surface area (Å²) in [5.41, 5.74) is 1.99. The maximum atomic E-state index is 11.6. The number of carbonyl (C=O) groups excluding carboxylic acids is 1. The first-order valence-corrected chi connectivity index (χ1v) is 8.38. The zero-order valence-electron chi connectivity index (χ0n) is 12.5. The molecule has 2 rings (SSSR count). The van der Waals surface area contributed by atoms with Crippen LogP contribution < -0.4 is 5.32 Å². The highest BCUT2D eigenvalue weighted by Crippen LogP contribution is 2.23. The SMILES string of the molecule is O=C(NCCC=Cc1ccc(Br)c(Cl)c1)OCc1ccccc1. The first-order chi connectivity index (χ1) is 11.1. The van der Waals surface area contributed by atoms with Gasteiger partial charge in [0.1, 0.15) is 6.61 Å². The average molecular weight is 395 g/mol. The molecule has 0 aliphatic carbocycles. The third-order valence-corrected chi connectivity index (χ3v) is 4.28. The van der Waals surface area contributed by atoms with Crippen LogP contribution >= 0.6 is 27.5 Å². The Bertz CT molecular complexity index is 674. The third kappa shape index (κ3) is 6.47. The Morgan fingerprint density at radius 1 is 1.22 bits per heavy atom. The lowest BCUT2D eigenvalue weighted by atomic mass is 10.2. The van der Waals surface area contributed by atoms with Crippen LogP contribution in [0.15, 0.2) is 59.1 Å². The van der Waals surface area contributed by atoms with Gasteiger partial charge in [0.25, 0.3) is 0 Å². The number of hydrogen-bond donors (Lipinski definition) is 1. The Morgan fingerprint density at radius 3 is 2.74 bits per heavy atom. The van der Waals surface area contributed by atoms with Crippen molar-refractivity contribution in [3.63, 3.8) is 0 Å². The predicted octanol–water partition coefficient (Wildman–Crippen LogP) is 5.43. The van der Waals surface area contributed by atoms with E-state index in [1.807, 2.05) is 60.7 Å². The molecule has 2 aromatic carbocycles. The number of amides is 1. The average Bonchev–Trinajstić information content (AvgIpc) is 2.57. The van der Waals surface area contributed by atoms with Gasteiger partial charge in [-0.25, -0.2) is 4.79 Å². The lowest BCUT2D eigenvalue weighted by molar-refractivity contribution is 0.140. The molecule has 0 aliphatic heterocycles. The van der Waals surface area contributed by atoms with Gasteiger partial charge in [-0.3, -0.25) is 0 Å². The second kappa shape index (κ2) is 9.38. The van der Waals surface area contributed by atoms with Crippen LogP contribution in [0.5, 0.6) is 0 Å². The Hall–Kier alpha value is -1.78. The van der Waals surface area contributed by atoms with Crippen LogP contribution in [0.3, 0.4) is 0 Å². The van der Waals surface area contributed by atoms with Crippen LogP contribution in [0.4, 0.5) is 4.79 Å². The molecule has 0 atom stereocenters. The van der Waals surface area contributed by atoms with Crippen LogP contribution in [0.2, 0.25) is 5.02 Å². The summed E-state index contributed by atoms with van der Waals surface area (Å²) in [7, 11) is 0. The van der Waals surface area contributed by atoms with Gasteiger partial charge in [0.05, 0.1) is 5.02 Å². The van der Waals surface area contributed by atoms with Crippen LogP contribution in [-0.4, -0.2) is 12.6 Å². The van der Waals surface area contributed by atoms with Crippen molar-refractivity contribution in [2.24, 2.45) is 0 Å². The second-order valence-corrected chi connectivity index (χ2v) is 6.11. The predicted molar refractivity (Wildman–Crippen MR) is 97.4 cm³/mol. The zero-order valence-corrected chi connectivity index (χ0v) is 14.8. The van der Waals surface area contributed by atoms with E-state index in [1.54, 1.807) is 0 Å². The molecule has 0 aromatic heterocycles. The number of halogens is 2. The van der Waals surface area contributed by atoms with E-state index in [0.29, 0.717) is 18.0 Å². The molecule has 1 N–H and O–H groups in total. The fourth-order valence-corrected chi connectivity index (χ4v) is 2.30. The first kappa shape index (κ1) is 17.6. The minimum Gasteiger partial charge on any atom is -0.445 e. The number of ether oxygens (including phenoxy) is 1. The van der Waals surface area contributed by atoms with Gasteiger partial charge in [0, 0.05) is 11.0 Å². The molecule has 0 fully saturated rings. The molecular weight excluding hydrogens is 378 g/mol. The Kier molecular flexibility index (Phi) is 7.17. The summed E-state index contributed by atoms with van der Waals surface area (Å²) in [6, 6.07) is 15.3. The van der Waals surface area contributed by atoms with E-state index < -0.39 is 6.09 Å². The van der Waals surface area contributed by atoms with E-state index in [-0.39, 0.29) is 6.61 Å². The van der Waals surface area contributed by atoms with Crippen molar-refractivity contribution in [2.75, 3.05) is 6.54 Å². The maximum absolute atomic E-state index is 11.6. The van der Waals surface area contributed by atoms with Crippen LogP contribution in [-0.2, 0) is 11.3 Å². The van der Waals surface area contributed by atoms with Crippen LogP contribution in [0.25, 0.3) is 6.08 Å². The Morgan fingerprint density at radius 2 is 2.00 bits per heavy atom. The van der Waals surface area contributed by atoms with E-state index >= 15 is 0 Å². The van der Waals surface area contributed by atoms with E-state index in [9.17, 15) is 4.79 Å². The highest BCUT2D eigenvalue weighted by molar-refractivity contribution is 9.10. The topological polar surface area (TPSA) is 38.3 Å². The summed E-state index contributed by atoms with van der Waals surface area (Å²) >= 11 is 9.38. The summed E-state index contributed by atoms with van der Waals surface area (Å²) in [5, 5.41) is 3.39. The minimum atomic E-state index is -0.408. The van der Waals surface area contributed by atoms with Gasteiger partial charge in [-0.05, 0) is 45.6 Å². The van der Waals surface area contributed by atoms with Crippen molar-refractivity contribution in [3.8, 4) is 0 Å². The normalized spacial score (nSPS) is 10.7. The standard InChI is InChI=1S/C18H17BrClNO2/c19-16-10-9-14(12-17(16)20)6-4-5-11-21-18(22)23-13-15-7-2-1-3-8-15/h1-4,6-10,12H,5,11,13H2,(H,21,22). The van der Waals surface area contributed by atoms with Crippen LogP contribution in [0.1, 0.15) is 17.5 Å². The fourth-order valence-electron chi connectivity index (χ4n) is 1.87. The van der Waals surface area contributed by atoms with Crippen molar-refractivity contribution in [1.29, 1.82) is 0 Å². The fraction of sp³-hybridized carbons (Fsp3) is 0.167. The first-order valence-electron chi connectivity index (χ1n) is 7.21. The van der Waals surface area contributed by atoms with Crippen molar-refractivity contribution in [2.45, 2.75) is 13.0 Å². The maximum Gasteiger partial charge on any atom is 0.407 e. The molecule has 0 heterocycles. The largest absolute Gasteiger partial charge is 0.445 e. The monoisotopic (exact) mass is 393 g/mol. The molecule has 0 aliphatic rings. The van der Waals surface area contributed by atoms with Gasteiger partial charge in [-0.15, -0.1) is 0 Å². The molecule has 3 nitrogen and oxygen atoms in total. The Balaban J connectivity index is 1.65. The van der Waals surface area contributed by atoms with Crippen LogP contribution in [0, 0.1) is 0 Å². The highest BCUT2D eigenvalue weighted by atomic mass is 79.9. The molecule has 0 unspecified atom stereocenters. The zero-order chi connectivity index (χ0) is 16.5. The molecule has 0 spiro atoms. The minimum absolute atomic E-state index is 0.278. The van der Waals surface area contributed by atoms with Gasteiger partial charge < -0.3 is 10.1 Å². The van der Waals surface area contributed by atoms with E-state index in [1.165, 1.54) is 0 Å². The molecule has 5 heteroatoms. The number of benzene rings is 2. The van der Waals surface area contributed by atoms with E-state index in [2.05, 4.69) is 21.2 Å². The number of nitrogens with one attached hydrogen (secondary N) is 1. The molecule has 0 radical (unpaired) electrons. The molecule has 1 amide bonds. The van der Waals surface area contributed by atoms with Crippen molar-refractivity contribution in [3.05, 3.63) is 75.2 Å². The third-order valence-electron chi connectivity index (χ3n) is 3.05. The number of hydrogen-bond acceptors (Lipinski definition) is 2. The summed E-state index contributed by atoms with van der Waals surface area (Å²) in [6.45, 7) is 0.800. The number of alkyl carbamates (subject to hydrolysis) is 1. The van der Waals surface area contributed by atoms with Gasteiger partial charge >= 0.3 is 6.09 Å². The Labute approximate surface area is 149 Å². The van der Waals surface area contributed by atoms with E-state index in [4.69, 9.17) is 16.3 Å². The smallest absolute Gasteiger partial charge is 0.407 e. The highest BCUT2D eigenvalue weighted by Gasteiger charge is 2.01. The van der Waals surface area contributed by atoms with E-state index in [0.717, 1.165) is 15.6 Å². The van der Waals surface area contributed by atoms with Crippen molar-refractivity contribution < 1.29 is 9.53 Å². The molecule has 0 saturated heterocycles. The molecular formula is C18H17BrClNO2. The summed E-state index contributed by atoms with van der Waals surface area (Å²) < 4.78 is 6.00. The number of rotatable bonds is 6. The van der Waals surface area contributed by atoms with Gasteiger partial charge in [0.15, 0.2) is 0 Å². The summed E-state index contributed by atoms with van der Waals surface area (Å²) in [4.78, 5) is 11.6. The lowest BCUT2D eigenvalue weighted by Gasteiger charge is -2.05. The summed E-state index contributed by atoms with van der Waals surface area (Å²) in [6.07, 6.45) is 4.26. The lowest BCUT2D eigenvalue weighted by Crippen LogP contribution is -2.24. The second-order valence-electron chi connectivity index (χ2n) is 4.85. The van der Waals surface area contributed by atoms with Crippen molar-refractivity contribution >= 4 is 39.7 Å². The molecule has 2 aromatic rings. The van der Waals surface area contributed by atoms with Gasteiger partial charge in [-0.2, -0.15) is 0 Å². The molecule has 0 saturated carbocycles. The quantitative estimate of drug-likeness (QED) is 0.663.